The van der Waals surface area contributed by atoms with Crippen molar-refractivity contribution in [2.45, 2.75) is 6.42 Å². The Balaban J connectivity index is 2.10. The first-order valence-corrected chi connectivity index (χ1v) is 6.28. The van der Waals surface area contributed by atoms with Gasteiger partial charge in [0.15, 0.2) is 0 Å². The van der Waals surface area contributed by atoms with E-state index < -0.39 is 0 Å². The molecule has 0 bridgehead atoms. The van der Waals surface area contributed by atoms with E-state index in [2.05, 4.69) is 11.4 Å². The Morgan fingerprint density at radius 1 is 1.62 bits per heavy atom. The van der Waals surface area contributed by atoms with Crippen molar-refractivity contribution in [2.75, 3.05) is 33.2 Å². The maximum atomic E-state index is 11.5. The summed E-state index contributed by atoms with van der Waals surface area (Å²) in [5.41, 5.74) is 5.40. The van der Waals surface area contributed by atoms with Gasteiger partial charge in [-0.3, -0.25) is 9.69 Å². The topological polar surface area (TPSA) is 58.4 Å². The second-order valence-electron chi connectivity index (χ2n) is 3.71. The van der Waals surface area contributed by atoms with Gasteiger partial charge in [0.05, 0.1) is 6.54 Å². The molecule has 0 aliphatic rings. The first-order chi connectivity index (χ1) is 7.72. The van der Waals surface area contributed by atoms with Crippen molar-refractivity contribution in [1.29, 1.82) is 0 Å². The molecule has 1 amide bonds. The lowest BCUT2D eigenvalue weighted by molar-refractivity contribution is -0.121. The summed E-state index contributed by atoms with van der Waals surface area (Å²) in [6.45, 7) is 2.45. The third kappa shape index (κ3) is 5.25. The Bertz CT molecular complexity index is 300. The number of rotatable bonds is 7. The van der Waals surface area contributed by atoms with Crippen molar-refractivity contribution in [3.63, 3.8) is 0 Å². The van der Waals surface area contributed by atoms with Crippen LogP contribution in [0.15, 0.2) is 17.5 Å². The Hall–Kier alpha value is -0.910. The van der Waals surface area contributed by atoms with Gasteiger partial charge in [-0.1, -0.05) is 6.07 Å². The number of carbonyl (C=O) groups is 1. The summed E-state index contributed by atoms with van der Waals surface area (Å²) < 4.78 is 0. The molecule has 0 aliphatic carbocycles. The van der Waals surface area contributed by atoms with E-state index in [-0.39, 0.29) is 5.91 Å². The quantitative estimate of drug-likeness (QED) is 0.722. The van der Waals surface area contributed by atoms with Crippen LogP contribution in [0.3, 0.4) is 0 Å². The predicted molar refractivity (Wildman–Crippen MR) is 67.6 cm³/mol. The molecule has 0 unspecified atom stereocenters. The van der Waals surface area contributed by atoms with E-state index in [1.807, 2.05) is 23.4 Å². The highest BCUT2D eigenvalue weighted by molar-refractivity contribution is 7.09. The molecule has 0 spiro atoms. The van der Waals surface area contributed by atoms with Crippen molar-refractivity contribution < 1.29 is 4.79 Å². The first-order valence-electron chi connectivity index (χ1n) is 5.40. The molecule has 0 radical (unpaired) electrons. The number of hydrogen-bond donors (Lipinski definition) is 2. The van der Waals surface area contributed by atoms with Crippen LogP contribution >= 0.6 is 11.3 Å². The number of likely N-dealkylation sites (N-methyl/N-ethyl adjacent to an activating group) is 1. The third-order valence-corrected chi connectivity index (χ3v) is 3.13. The lowest BCUT2D eigenvalue weighted by Gasteiger charge is -2.14. The van der Waals surface area contributed by atoms with Gasteiger partial charge in [-0.2, -0.15) is 0 Å². The van der Waals surface area contributed by atoms with Crippen molar-refractivity contribution in [2.24, 2.45) is 5.73 Å². The molecule has 0 saturated carbocycles. The zero-order valence-electron chi connectivity index (χ0n) is 9.61. The molecule has 0 fully saturated rings. The van der Waals surface area contributed by atoms with Crippen LogP contribution < -0.4 is 11.1 Å². The molecule has 5 heteroatoms. The Morgan fingerprint density at radius 3 is 3.06 bits per heavy atom. The van der Waals surface area contributed by atoms with E-state index in [9.17, 15) is 4.79 Å². The second kappa shape index (κ2) is 7.38. The third-order valence-electron chi connectivity index (χ3n) is 2.20. The SMILES string of the molecule is CN(CCN)CC(=O)NCCc1cccs1. The van der Waals surface area contributed by atoms with Crippen LogP contribution in [-0.4, -0.2) is 44.0 Å². The summed E-state index contributed by atoms with van der Waals surface area (Å²) in [5.74, 6) is 0.0625. The second-order valence-corrected chi connectivity index (χ2v) is 4.74. The van der Waals surface area contributed by atoms with Crippen molar-refractivity contribution in [3.05, 3.63) is 22.4 Å². The maximum Gasteiger partial charge on any atom is 0.234 e. The molecule has 0 saturated heterocycles. The van der Waals surface area contributed by atoms with Crippen LogP contribution in [0, 0.1) is 0 Å². The molecule has 1 aromatic rings. The number of hydrogen-bond acceptors (Lipinski definition) is 4. The zero-order valence-corrected chi connectivity index (χ0v) is 10.4. The molecular formula is C11H19N3OS. The lowest BCUT2D eigenvalue weighted by Crippen LogP contribution is -2.37. The Morgan fingerprint density at radius 2 is 2.44 bits per heavy atom. The van der Waals surface area contributed by atoms with Crippen molar-refractivity contribution >= 4 is 17.2 Å². The summed E-state index contributed by atoms with van der Waals surface area (Å²) in [7, 11) is 1.89. The maximum absolute atomic E-state index is 11.5. The molecule has 90 valence electrons. The standard InChI is InChI=1S/C11H19N3OS/c1-14(7-5-12)9-11(15)13-6-4-10-3-2-8-16-10/h2-3,8H,4-7,9,12H2,1H3,(H,13,15). The van der Waals surface area contributed by atoms with Gasteiger partial charge in [-0.05, 0) is 24.9 Å². The molecule has 4 nitrogen and oxygen atoms in total. The number of nitrogens with zero attached hydrogens (tertiary/aromatic N) is 1. The highest BCUT2D eigenvalue weighted by atomic mass is 32.1. The zero-order chi connectivity index (χ0) is 11.8. The Labute approximate surface area is 100 Å². The van der Waals surface area contributed by atoms with Gasteiger partial charge in [-0.15, -0.1) is 11.3 Å². The van der Waals surface area contributed by atoms with E-state index >= 15 is 0 Å². The number of amides is 1. The van der Waals surface area contributed by atoms with E-state index in [0.717, 1.165) is 13.0 Å². The monoisotopic (exact) mass is 241 g/mol. The average Bonchev–Trinajstić information content (AvgIpc) is 2.70. The summed E-state index contributed by atoms with van der Waals surface area (Å²) in [6.07, 6.45) is 0.907. The summed E-state index contributed by atoms with van der Waals surface area (Å²) in [4.78, 5) is 14.7. The minimum absolute atomic E-state index is 0.0625. The minimum Gasteiger partial charge on any atom is -0.355 e. The molecular weight excluding hydrogens is 222 g/mol. The van der Waals surface area contributed by atoms with Gasteiger partial charge in [0.25, 0.3) is 0 Å². The Kier molecular flexibility index (Phi) is 6.07. The van der Waals surface area contributed by atoms with Crippen molar-refractivity contribution in [3.8, 4) is 0 Å². The largest absolute Gasteiger partial charge is 0.355 e. The summed E-state index contributed by atoms with van der Waals surface area (Å²) in [6, 6.07) is 4.11. The van der Waals surface area contributed by atoms with Crippen LogP contribution in [0.5, 0.6) is 0 Å². The fourth-order valence-corrected chi connectivity index (χ4v) is 2.09. The molecule has 0 aliphatic heterocycles. The number of nitrogens with one attached hydrogen (secondary N) is 1. The van der Waals surface area contributed by atoms with E-state index in [4.69, 9.17) is 5.73 Å². The van der Waals surface area contributed by atoms with Gasteiger partial charge in [-0.25, -0.2) is 0 Å². The fourth-order valence-electron chi connectivity index (χ4n) is 1.38. The van der Waals surface area contributed by atoms with Crippen LogP contribution in [0.1, 0.15) is 4.88 Å². The molecule has 1 rings (SSSR count). The van der Waals surface area contributed by atoms with Crippen LogP contribution in [-0.2, 0) is 11.2 Å². The van der Waals surface area contributed by atoms with E-state index in [0.29, 0.717) is 19.6 Å². The van der Waals surface area contributed by atoms with Crippen LogP contribution in [0.2, 0.25) is 0 Å². The molecule has 3 N–H and O–H groups in total. The van der Waals surface area contributed by atoms with Gasteiger partial charge in [0, 0.05) is 24.5 Å². The normalized spacial score (nSPS) is 10.7. The number of thiophene rings is 1. The van der Waals surface area contributed by atoms with E-state index in [1.54, 1.807) is 11.3 Å². The molecule has 0 atom stereocenters. The summed E-state index contributed by atoms with van der Waals surface area (Å²) >= 11 is 1.72. The van der Waals surface area contributed by atoms with Gasteiger partial charge >= 0.3 is 0 Å². The van der Waals surface area contributed by atoms with Crippen molar-refractivity contribution in [1.82, 2.24) is 10.2 Å². The van der Waals surface area contributed by atoms with Crippen LogP contribution in [0.4, 0.5) is 0 Å². The first kappa shape index (κ1) is 13.2. The van der Waals surface area contributed by atoms with Gasteiger partial charge < -0.3 is 11.1 Å². The molecule has 16 heavy (non-hydrogen) atoms. The molecule has 0 aromatic carbocycles. The van der Waals surface area contributed by atoms with Crippen LogP contribution in [0.25, 0.3) is 0 Å². The highest BCUT2D eigenvalue weighted by Gasteiger charge is 2.04. The predicted octanol–water partition coefficient (Wildman–Crippen LogP) is 0.297. The average molecular weight is 241 g/mol. The van der Waals surface area contributed by atoms with Gasteiger partial charge in [0.2, 0.25) is 5.91 Å². The van der Waals surface area contributed by atoms with Gasteiger partial charge in [0.1, 0.15) is 0 Å². The fraction of sp³-hybridized carbons (Fsp3) is 0.545. The van der Waals surface area contributed by atoms with E-state index in [1.165, 1.54) is 4.88 Å². The molecule has 1 heterocycles. The lowest BCUT2D eigenvalue weighted by atomic mass is 10.3. The summed E-state index contributed by atoms with van der Waals surface area (Å²) in [5, 5.41) is 4.94. The molecule has 1 aromatic heterocycles. The number of carbonyl (C=O) groups excluding carboxylic acids is 1. The smallest absolute Gasteiger partial charge is 0.234 e. The minimum atomic E-state index is 0.0625. The highest BCUT2D eigenvalue weighted by Crippen LogP contribution is 2.07. The number of nitrogens with two attached hydrogens (primary N) is 1.